The highest BCUT2D eigenvalue weighted by atomic mass is 79.9. The van der Waals surface area contributed by atoms with Gasteiger partial charge in [-0.05, 0) is 31.7 Å². The second-order valence-corrected chi connectivity index (χ2v) is 5.73. The fourth-order valence-corrected chi connectivity index (χ4v) is 2.37. The van der Waals surface area contributed by atoms with Gasteiger partial charge in [-0.25, -0.2) is 0 Å². The maximum absolute atomic E-state index is 5.95. The maximum Gasteiger partial charge on any atom is 0.125 e. The lowest BCUT2D eigenvalue weighted by molar-refractivity contribution is 0.315. The van der Waals surface area contributed by atoms with Gasteiger partial charge in [0.2, 0.25) is 0 Å². The van der Waals surface area contributed by atoms with Gasteiger partial charge in [0.25, 0.3) is 0 Å². The standard InChI is InChI=1S/C15H20BrN3O/c1-11(17-2)14-5-4-13(16)8-15(14)20-7-6-12-9-18-19(3)10-12/h4-5,8-11,17H,6-7H2,1-3H3. The van der Waals surface area contributed by atoms with E-state index in [9.17, 15) is 0 Å². The van der Waals surface area contributed by atoms with Crippen molar-refractivity contribution in [2.45, 2.75) is 19.4 Å². The van der Waals surface area contributed by atoms with Crippen LogP contribution in [-0.2, 0) is 13.5 Å². The first kappa shape index (κ1) is 15.1. The van der Waals surface area contributed by atoms with E-state index >= 15 is 0 Å². The van der Waals surface area contributed by atoms with Crippen LogP contribution in [0.5, 0.6) is 5.75 Å². The highest BCUT2D eigenvalue weighted by molar-refractivity contribution is 9.10. The topological polar surface area (TPSA) is 39.1 Å². The number of hydrogen-bond acceptors (Lipinski definition) is 3. The fourth-order valence-electron chi connectivity index (χ4n) is 2.03. The molecule has 0 spiro atoms. The molecule has 0 aliphatic heterocycles. The molecule has 0 radical (unpaired) electrons. The van der Waals surface area contributed by atoms with Crippen LogP contribution in [0.1, 0.15) is 24.1 Å². The number of aryl methyl sites for hydroxylation is 1. The van der Waals surface area contributed by atoms with E-state index in [1.807, 2.05) is 43.3 Å². The molecule has 0 fully saturated rings. The Morgan fingerprint density at radius 3 is 2.90 bits per heavy atom. The third kappa shape index (κ3) is 3.84. The van der Waals surface area contributed by atoms with Crippen molar-refractivity contribution in [1.82, 2.24) is 15.1 Å². The molecule has 1 N–H and O–H groups in total. The molecule has 0 saturated carbocycles. The summed E-state index contributed by atoms with van der Waals surface area (Å²) in [6.45, 7) is 2.77. The number of benzene rings is 1. The number of nitrogens with zero attached hydrogens (tertiary/aromatic N) is 2. The van der Waals surface area contributed by atoms with Crippen molar-refractivity contribution in [1.29, 1.82) is 0 Å². The monoisotopic (exact) mass is 337 g/mol. The summed E-state index contributed by atoms with van der Waals surface area (Å²) in [4.78, 5) is 0. The van der Waals surface area contributed by atoms with E-state index in [-0.39, 0.29) is 6.04 Å². The van der Waals surface area contributed by atoms with Gasteiger partial charge in [-0.3, -0.25) is 4.68 Å². The minimum Gasteiger partial charge on any atom is -0.493 e. The Balaban J connectivity index is 2.02. The molecule has 0 amide bonds. The Hall–Kier alpha value is -1.33. The van der Waals surface area contributed by atoms with Gasteiger partial charge in [0, 0.05) is 35.7 Å². The summed E-state index contributed by atoms with van der Waals surface area (Å²) in [5.74, 6) is 0.921. The van der Waals surface area contributed by atoms with Crippen molar-refractivity contribution >= 4 is 15.9 Å². The summed E-state index contributed by atoms with van der Waals surface area (Å²) in [6, 6.07) is 6.41. The first-order valence-electron chi connectivity index (χ1n) is 6.67. The molecule has 20 heavy (non-hydrogen) atoms. The molecule has 0 aliphatic carbocycles. The number of halogens is 1. The molecule has 1 atom stereocenters. The molecular weight excluding hydrogens is 318 g/mol. The van der Waals surface area contributed by atoms with Gasteiger partial charge in [-0.1, -0.05) is 22.0 Å². The second kappa shape index (κ2) is 6.90. The van der Waals surface area contributed by atoms with Crippen molar-refractivity contribution in [3.63, 3.8) is 0 Å². The molecule has 0 aliphatic rings. The zero-order valence-corrected chi connectivity index (χ0v) is 13.6. The van der Waals surface area contributed by atoms with E-state index in [1.165, 1.54) is 11.1 Å². The minimum absolute atomic E-state index is 0.261. The molecule has 0 saturated heterocycles. The molecule has 0 bridgehead atoms. The van der Waals surface area contributed by atoms with Crippen molar-refractivity contribution in [3.8, 4) is 5.75 Å². The van der Waals surface area contributed by atoms with Gasteiger partial charge in [-0.15, -0.1) is 0 Å². The average molecular weight is 338 g/mol. The van der Waals surface area contributed by atoms with Crippen LogP contribution in [0.2, 0.25) is 0 Å². The molecule has 1 unspecified atom stereocenters. The predicted molar refractivity (Wildman–Crippen MR) is 84.0 cm³/mol. The van der Waals surface area contributed by atoms with E-state index in [0.717, 1.165) is 16.6 Å². The average Bonchev–Trinajstić information content (AvgIpc) is 2.84. The van der Waals surface area contributed by atoms with Crippen molar-refractivity contribution in [3.05, 3.63) is 46.2 Å². The van der Waals surface area contributed by atoms with E-state index in [0.29, 0.717) is 6.61 Å². The summed E-state index contributed by atoms with van der Waals surface area (Å²) in [7, 11) is 3.87. The van der Waals surface area contributed by atoms with E-state index in [2.05, 4.69) is 39.3 Å². The molecule has 1 heterocycles. The van der Waals surface area contributed by atoms with Crippen molar-refractivity contribution in [2.24, 2.45) is 7.05 Å². The van der Waals surface area contributed by atoms with Crippen LogP contribution in [0, 0.1) is 0 Å². The van der Waals surface area contributed by atoms with Crippen LogP contribution < -0.4 is 10.1 Å². The highest BCUT2D eigenvalue weighted by Gasteiger charge is 2.10. The van der Waals surface area contributed by atoms with Crippen molar-refractivity contribution < 1.29 is 4.74 Å². The summed E-state index contributed by atoms with van der Waals surface area (Å²) in [6.07, 6.45) is 4.75. The Kier molecular flexibility index (Phi) is 5.20. The minimum atomic E-state index is 0.261. The molecule has 5 heteroatoms. The molecular formula is C15H20BrN3O. The van der Waals surface area contributed by atoms with Crippen LogP contribution in [0.3, 0.4) is 0 Å². The number of nitrogens with one attached hydrogen (secondary N) is 1. The third-order valence-electron chi connectivity index (χ3n) is 3.28. The van der Waals surface area contributed by atoms with Crippen LogP contribution in [0.25, 0.3) is 0 Å². The molecule has 2 rings (SSSR count). The van der Waals surface area contributed by atoms with E-state index in [1.54, 1.807) is 0 Å². The van der Waals surface area contributed by atoms with Gasteiger partial charge < -0.3 is 10.1 Å². The number of hydrogen-bond donors (Lipinski definition) is 1. The lowest BCUT2D eigenvalue weighted by Gasteiger charge is -2.16. The van der Waals surface area contributed by atoms with Gasteiger partial charge in [0.1, 0.15) is 5.75 Å². The van der Waals surface area contributed by atoms with Gasteiger partial charge >= 0.3 is 0 Å². The van der Waals surface area contributed by atoms with Gasteiger partial charge in [0.05, 0.1) is 12.8 Å². The van der Waals surface area contributed by atoms with Gasteiger partial charge in [-0.2, -0.15) is 5.10 Å². The largest absolute Gasteiger partial charge is 0.493 e. The van der Waals surface area contributed by atoms with Crippen LogP contribution >= 0.6 is 15.9 Å². The zero-order chi connectivity index (χ0) is 14.5. The van der Waals surface area contributed by atoms with E-state index in [4.69, 9.17) is 4.74 Å². The summed E-state index contributed by atoms with van der Waals surface area (Å²) in [5, 5.41) is 7.40. The third-order valence-corrected chi connectivity index (χ3v) is 3.78. The quantitative estimate of drug-likeness (QED) is 0.880. The Bertz CT molecular complexity index is 568. The normalized spacial score (nSPS) is 12.4. The van der Waals surface area contributed by atoms with Crippen LogP contribution in [-0.4, -0.2) is 23.4 Å². The zero-order valence-electron chi connectivity index (χ0n) is 12.1. The summed E-state index contributed by atoms with van der Waals surface area (Å²) < 4.78 is 8.78. The molecule has 1 aromatic carbocycles. The first-order valence-corrected chi connectivity index (χ1v) is 7.46. The smallest absolute Gasteiger partial charge is 0.125 e. The molecule has 2 aromatic rings. The molecule has 1 aromatic heterocycles. The highest BCUT2D eigenvalue weighted by Crippen LogP contribution is 2.28. The summed E-state index contributed by atoms with van der Waals surface area (Å²) in [5.41, 5.74) is 2.35. The summed E-state index contributed by atoms with van der Waals surface area (Å²) >= 11 is 3.49. The number of rotatable bonds is 6. The van der Waals surface area contributed by atoms with Crippen molar-refractivity contribution in [2.75, 3.05) is 13.7 Å². The fraction of sp³-hybridized carbons (Fsp3) is 0.400. The number of aromatic nitrogens is 2. The Morgan fingerprint density at radius 1 is 1.45 bits per heavy atom. The molecule has 108 valence electrons. The molecule has 4 nitrogen and oxygen atoms in total. The Morgan fingerprint density at radius 2 is 2.25 bits per heavy atom. The number of ether oxygens (including phenoxy) is 1. The Labute approximate surface area is 128 Å². The predicted octanol–water partition coefficient (Wildman–Crippen LogP) is 3.08. The first-order chi connectivity index (χ1) is 9.60. The lowest BCUT2D eigenvalue weighted by atomic mass is 10.1. The SMILES string of the molecule is CNC(C)c1ccc(Br)cc1OCCc1cnn(C)c1. The lowest BCUT2D eigenvalue weighted by Crippen LogP contribution is -2.14. The van der Waals surface area contributed by atoms with Crippen LogP contribution in [0.4, 0.5) is 0 Å². The van der Waals surface area contributed by atoms with Crippen LogP contribution in [0.15, 0.2) is 35.1 Å². The second-order valence-electron chi connectivity index (χ2n) is 4.81. The van der Waals surface area contributed by atoms with Gasteiger partial charge in [0.15, 0.2) is 0 Å². The van der Waals surface area contributed by atoms with E-state index < -0.39 is 0 Å². The maximum atomic E-state index is 5.95.